The van der Waals surface area contributed by atoms with Gasteiger partial charge in [0.2, 0.25) is 0 Å². The second kappa shape index (κ2) is 6.28. The highest BCUT2D eigenvalue weighted by Gasteiger charge is 2.66. The van der Waals surface area contributed by atoms with Crippen LogP contribution in [-0.4, -0.2) is 45.4 Å². The van der Waals surface area contributed by atoms with Gasteiger partial charge in [0.25, 0.3) is 5.91 Å². The van der Waals surface area contributed by atoms with Crippen molar-refractivity contribution in [2.24, 2.45) is 5.41 Å². The molecule has 0 aromatic carbocycles. The van der Waals surface area contributed by atoms with Gasteiger partial charge in [0.1, 0.15) is 17.0 Å². The Balaban J connectivity index is 1.80. The molecular weight excluding hydrogens is 338 g/mol. The van der Waals surface area contributed by atoms with Gasteiger partial charge in [0, 0.05) is 24.5 Å². The van der Waals surface area contributed by atoms with Crippen molar-refractivity contribution in [3.8, 4) is 11.5 Å². The van der Waals surface area contributed by atoms with E-state index in [0.29, 0.717) is 18.1 Å². The number of aryl methyl sites for hydroxylation is 1. The number of ether oxygens (including phenoxy) is 1. The molecule has 2 aromatic rings. The van der Waals surface area contributed by atoms with Crippen LogP contribution < -0.4 is 5.32 Å². The molecule has 1 aliphatic rings. The summed E-state index contributed by atoms with van der Waals surface area (Å²) in [6, 6.07) is 5.11. The van der Waals surface area contributed by atoms with Gasteiger partial charge in [-0.15, -0.1) is 0 Å². The third-order valence-electron chi connectivity index (χ3n) is 5.27. The van der Waals surface area contributed by atoms with Crippen LogP contribution in [0.4, 0.5) is 0 Å². The van der Waals surface area contributed by atoms with Crippen molar-refractivity contribution in [1.82, 2.24) is 15.5 Å². The minimum Gasteiger partial charge on any atom is -0.479 e. The highest BCUT2D eigenvalue weighted by molar-refractivity contribution is 5.98. The molecule has 1 fully saturated rings. The summed E-state index contributed by atoms with van der Waals surface area (Å²) in [7, 11) is 0. The minimum atomic E-state index is -1.40. The lowest BCUT2D eigenvalue weighted by Crippen LogP contribution is -2.76. The highest BCUT2D eigenvalue weighted by Crippen LogP contribution is 2.51. The summed E-state index contributed by atoms with van der Waals surface area (Å²) in [5.74, 6) is -0.337. The van der Waals surface area contributed by atoms with Crippen LogP contribution in [0.25, 0.3) is 11.5 Å². The number of carboxylic acid groups (broad SMARTS) is 1. The molecule has 1 amide bonds. The van der Waals surface area contributed by atoms with Crippen LogP contribution >= 0.6 is 0 Å². The Bertz CT molecular complexity index is 838. The molecule has 1 saturated carbocycles. The molecule has 2 heterocycles. The Hall–Kier alpha value is -2.61. The number of nitrogens with zero attached hydrogens (tertiary/aromatic N) is 1. The smallest absolute Gasteiger partial charge is 0.330 e. The molecule has 2 unspecified atom stereocenters. The van der Waals surface area contributed by atoms with Gasteiger partial charge < -0.3 is 19.6 Å². The van der Waals surface area contributed by atoms with E-state index in [1.54, 1.807) is 26.0 Å². The summed E-state index contributed by atoms with van der Waals surface area (Å²) in [5.41, 5.74) is -1.50. The van der Waals surface area contributed by atoms with Crippen LogP contribution in [0.15, 0.2) is 22.6 Å². The molecule has 0 spiro atoms. The van der Waals surface area contributed by atoms with Gasteiger partial charge in [-0.25, -0.2) is 4.79 Å². The molecule has 2 aromatic heterocycles. The zero-order valence-corrected chi connectivity index (χ0v) is 15.3. The maximum atomic E-state index is 12.6. The molecule has 8 heteroatoms. The maximum Gasteiger partial charge on any atom is 0.330 e. The maximum absolute atomic E-state index is 12.6. The lowest BCUT2D eigenvalue weighted by Gasteiger charge is -2.58. The van der Waals surface area contributed by atoms with E-state index in [4.69, 9.17) is 9.15 Å². The van der Waals surface area contributed by atoms with Crippen molar-refractivity contribution in [3.05, 3.63) is 29.7 Å². The predicted octanol–water partition coefficient (Wildman–Crippen LogP) is 2.37. The van der Waals surface area contributed by atoms with Crippen LogP contribution in [0.3, 0.4) is 0 Å². The van der Waals surface area contributed by atoms with E-state index >= 15 is 0 Å². The summed E-state index contributed by atoms with van der Waals surface area (Å²) >= 11 is 0. The topological polar surface area (TPSA) is 117 Å². The number of carboxylic acids is 1. The van der Waals surface area contributed by atoms with Gasteiger partial charge in [-0.05, 0) is 26.0 Å². The van der Waals surface area contributed by atoms with Gasteiger partial charge in [-0.3, -0.25) is 9.89 Å². The number of carbonyl (C=O) groups excluding carboxylic acids is 1. The summed E-state index contributed by atoms with van der Waals surface area (Å²) in [6.07, 6.45) is -0.0198. The Morgan fingerprint density at radius 1 is 1.46 bits per heavy atom. The standard InChI is InChI=1S/C18H23N3O5/c1-5-25-14-9-18(16(23)24,17(14,3)4)19-15(22)12-8-11(20-21-12)13-7-6-10(2)26-13/h6-8,14H,5,9H2,1-4H3,(H,19,22)(H,20,21)(H,23,24). The van der Waals surface area contributed by atoms with E-state index in [9.17, 15) is 14.7 Å². The highest BCUT2D eigenvalue weighted by atomic mass is 16.5. The Morgan fingerprint density at radius 3 is 2.73 bits per heavy atom. The second-order valence-electron chi connectivity index (χ2n) is 7.11. The van der Waals surface area contributed by atoms with Crippen LogP contribution in [0.5, 0.6) is 0 Å². The zero-order chi connectivity index (χ0) is 19.1. The van der Waals surface area contributed by atoms with Crippen LogP contribution in [0.2, 0.25) is 0 Å². The molecule has 26 heavy (non-hydrogen) atoms. The molecule has 8 nitrogen and oxygen atoms in total. The van der Waals surface area contributed by atoms with Gasteiger partial charge in [-0.1, -0.05) is 13.8 Å². The largest absolute Gasteiger partial charge is 0.479 e. The van der Waals surface area contributed by atoms with E-state index in [2.05, 4.69) is 15.5 Å². The van der Waals surface area contributed by atoms with Crippen molar-refractivity contribution >= 4 is 11.9 Å². The average Bonchev–Trinajstić information content (AvgIpc) is 3.22. The fourth-order valence-corrected chi connectivity index (χ4v) is 3.44. The SMILES string of the molecule is CCOC1CC(NC(=O)c2cc(-c3ccc(C)o3)[nH]n2)(C(=O)O)C1(C)C. The molecule has 0 bridgehead atoms. The fraction of sp³-hybridized carbons (Fsp3) is 0.500. The van der Waals surface area contributed by atoms with Gasteiger partial charge >= 0.3 is 5.97 Å². The number of H-pyrrole nitrogens is 1. The summed E-state index contributed by atoms with van der Waals surface area (Å²) < 4.78 is 11.1. The first-order valence-electron chi connectivity index (χ1n) is 8.51. The number of aromatic amines is 1. The van der Waals surface area contributed by atoms with Crippen LogP contribution in [0.1, 0.15) is 43.4 Å². The van der Waals surface area contributed by atoms with E-state index in [1.807, 2.05) is 13.8 Å². The van der Waals surface area contributed by atoms with E-state index < -0.39 is 22.8 Å². The monoisotopic (exact) mass is 361 g/mol. The van der Waals surface area contributed by atoms with Gasteiger partial charge in [-0.2, -0.15) is 5.10 Å². The molecule has 2 atom stereocenters. The number of aromatic nitrogens is 2. The molecule has 140 valence electrons. The first-order chi connectivity index (χ1) is 12.2. The van der Waals surface area contributed by atoms with Crippen molar-refractivity contribution in [2.45, 2.75) is 45.8 Å². The molecule has 0 radical (unpaired) electrons. The van der Waals surface area contributed by atoms with Crippen LogP contribution in [-0.2, 0) is 9.53 Å². The Kier molecular flexibility index (Phi) is 4.39. The number of aliphatic carboxylic acids is 1. The Labute approximate surface area is 150 Å². The number of rotatable bonds is 6. The summed E-state index contributed by atoms with van der Waals surface area (Å²) in [6.45, 7) is 7.73. The normalized spacial score (nSPS) is 24.1. The first-order valence-corrected chi connectivity index (χ1v) is 8.51. The zero-order valence-electron chi connectivity index (χ0n) is 15.3. The lowest BCUT2D eigenvalue weighted by atomic mass is 9.54. The number of amides is 1. The first kappa shape index (κ1) is 18.2. The second-order valence-corrected chi connectivity index (χ2v) is 7.11. The van der Waals surface area contributed by atoms with Crippen LogP contribution in [0, 0.1) is 12.3 Å². The fourth-order valence-electron chi connectivity index (χ4n) is 3.44. The van der Waals surface area contributed by atoms with Crippen molar-refractivity contribution in [1.29, 1.82) is 0 Å². The summed E-state index contributed by atoms with van der Waals surface area (Å²) in [4.78, 5) is 24.6. The Morgan fingerprint density at radius 2 is 2.19 bits per heavy atom. The lowest BCUT2D eigenvalue weighted by molar-refractivity contribution is -0.190. The van der Waals surface area contributed by atoms with Gasteiger partial charge in [0.05, 0.1) is 6.10 Å². The molecule has 0 saturated heterocycles. The summed E-state index contributed by atoms with van der Waals surface area (Å²) in [5, 5.41) is 19.2. The van der Waals surface area contributed by atoms with E-state index in [-0.39, 0.29) is 18.2 Å². The number of nitrogens with one attached hydrogen (secondary N) is 2. The molecule has 3 N–H and O–H groups in total. The predicted molar refractivity (Wildman–Crippen MR) is 92.7 cm³/mol. The van der Waals surface area contributed by atoms with Crippen molar-refractivity contribution in [3.63, 3.8) is 0 Å². The number of hydrogen-bond donors (Lipinski definition) is 3. The number of furan rings is 1. The number of hydrogen-bond acceptors (Lipinski definition) is 5. The van der Waals surface area contributed by atoms with E-state index in [1.165, 1.54) is 6.07 Å². The van der Waals surface area contributed by atoms with E-state index in [0.717, 1.165) is 5.76 Å². The third-order valence-corrected chi connectivity index (χ3v) is 5.27. The third kappa shape index (κ3) is 2.70. The van der Waals surface area contributed by atoms with Crippen molar-refractivity contribution < 1.29 is 23.8 Å². The molecular formula is C18H23N3O5. The molecule has 1 aliphatic carbocycles. The van der Waals surface area contributed by atoms with Crippen molar-refractivity contribution in [2.75, 3.05) is 6.61 Å². The minimum absolute atomic E-state index is 0.102. The number of carbonyl (C=O) groups is 2. The average molecular weight is 361 g/mol. The molecule has 3 rings (SSSR count). The van der Waals surface area contributed by atoms with Gasteiger partial charge in [0.15, 0.2) is 11.5 Å². The molecule has 0 aliphatic heterocycles. The quantitative estimate of drug-likeness (QED) is 0.727.